The summed E-state index contributed by atoms with van der Waals surface area (Å²) in [6.07, 6.45) is 8.93. The van der Waals surface area contributed by atoms with Gasteiger partial charge in [-0.15, -0.1) is 0 Å². The first-order valence-corrected chi connectivity index (χ1v) is 15.1. The minimum absolute atomic E-state index is 0.0570. The van der Waals surface area contributed by atoms with Gasteiger partial charge in [0.25, 0.3) is 0 Å². The molecule has 0 aliphatic heterocycles. The number of carbonyl (C=O) groups is 1. The van der Waals surface area contributed by atoms with Crippen molar-refractivity contribution in [3.8, 4) is 0 Å². The maximum absolute atomic E-state index is 12.0. The zero-order valence-electron chi connectivity index (χ0n) is 24.5. The molecule has 0 aromatic carbocycles. The molecule has 1 heterocycles. The molecule has 0 radical (unpaired) electrons. The molecule has 5 rings (SSSR count). The van der Waals surface area contributed by atoms with Gasteiger partial charge in [-0.1, -0.05) is 13.8 Å². The first-order chi connectivity index (χ1) is 17.7. The zero-order valence-corrected chi connectivity index (χ0v) is 26.7. The summed E-state index contributed by atoms with van der Waals surface area (Å²) in [6.45, 7) is 16.9. The van der Waals surface area contributed by atoms with E-state index in [-0.39, 0.29) is 17.1 Å². The molecule has 1 aromatic rings. The Labute approximate surface area is 242 Å². The van der Waals surface area contributed by atoms with E-state index in [9.17, 15) is 4.79 Å². The fourth-order valence-corrected chi connectivity index (χ4v) is 8.73. The summed E-state index contributed by atoms with van der Waals surface area (Å²) in [4.78, 5) is 13.5. The van der Waals surface area contributed by atoms with Crippen LogP contribution in [0.3, 0.4) is 0 Å². The highest BCUT2D eigenvalue weighted by molar-refractivity contribution is 14.1. The Morgan fingerprint density at radius 2 is 1.61 bits per heavy atom. The van der Waals surface area contributed by atoms with Crippen LogP contribution < -0.4 is 0 Å². The summed E-state index contributed by atoms with van der Waals surface area (Å²) in [5.41, 5.74) is 1.64. The van der Waals surface area contributed by atoms with Crippen LogP contribution in [-0.2, 0) is 25.5 Å². The monoisotopic (exact) mass is 645 g/mol. The molecule has 216 valence electrons. The fourth-order valence-electron chi connectivity index (χ4n) is 8.32. The van der Waals surface area contributed by atoms with Crippen molar-refractivity contribution in [1.29, 1.82) is 0 Å². The Balaban J connectivity index is 1.20. The van der Waals surface area contributed by atoms with Gasteiger partial charge in [0.1, 0.15) is 5.60 Å². The molecule has 2 unspecified atom stereocenters. The molecular formula is C29H48IN3O5. The van der Waals surface area contributed by atoms with Crippen molar-refractivity contribution in [3.63, 3.8) is 0 Å². The summed E-state index contributed by atoms with van der Waals surface area (Å²) in [5.74, 6) is 0. The second kappa shape index (κ2) is 11.2. The number of hydrogen-bond acceptors (Lipinski definition) is 6. The predicted molar refractivity (Wildman–Crippen MR) is 155 cm³/mol. The van der Waals surface area contributed by atoms with Crippen molar-refractivity contribution in [2.75, 3.05) is 46.6 Å². The summed E-state index contributed by atoms with van der Waals surface area (Å²) >= 11 is 2.39. The third-order valence-corrected chi connectivity index (χ3v) is 9.52. The van der Waals surface area contributed by atoms with E-state index in [4.69, 9.17) is 24.0 Å². The summed E-state index contributed by atoms with van der Waals surface area (Å²) in [5, 5.41) is 4.72. The maximum Gasteiger partial charge on any atom is 0.410 e. The molecule has 9 heteroatoms. The van der Waals surface area contributed by atoms with Crippen LogP contribution in [0.2, 0.25) is 0 Å². The number of likely N-dealkylation sites (N-methyl/N-ethyl adjacent to an activating group) is 1. The Hall–Kier alpha value is -0.910. The smallest absolute Gasteiger partial charge is 0.410 e. The van der Waals surface area contributed by atoms with Crippen LogP contribution in [0.15, 0.2) is 6.20 Å². The second-order valence-corrected chi connectivity index (χ2v) is 15.2. The van der Waals surface area contributed by atoms with Crippen LogP contribution in [0.4, 0.5) is 4.79 Å². The lowest BCUT2D eigenvalue weighted by Crippen LogP contribution is -2.64. The largest absolute Gasteiger partial charge is 0.444 e. The Kier molecular flexibility index (Phi) is 8.83. The lowest BCUT2D eigenvalue weighted by molar-refractivity contribution is -0.250. The molecule has 1 aromatic heterocycles. The Morgan fingerprint density at radius 3 is 2.18 bits per heavy atom. The molecule has 4 saturated carbocycles. The van der Waals surface area contributed by atoms with Gasteiger partial charge in [0.05, 0.1) is 48.4 Å². The lowest BCUT2D eigenvalue weighted by Gasteiger charge is -2.69. The Morgan fingerprint density at radius 1 is 1.00 bits per heavy atom. The van der Waals surface area contributed by atoms with Crippen LogP contribution in [-0.4, -0.2) is 78.6 Å². The van der Waals surface area contributed by atoms with Gasteiger partial charge in [-0.25, -0.2) is 4.79 Å². The highest BCUT2D eigenvalue weighted by Gasteiger charge is 2.66. The number of rotatable bonds is 12. The van der Waals surface area contributed by atoms with Gasteiger partial charge in [0.15, 0.2) is 0 Å². The van der Waals surface area contributed by atoms with Crippen molar-refractivity contribution >= 4 is 28.7 Å². The fraction of sp³-hybridized carbons (Fsp3) is 0.862. The number of carbonyl (C=O) groups excluding carboxylic acids is 1. The molecule has 4 bridgehead atoms. The highest BCUT2D eigenvalue weighted by atomic mass is 127. The standard InChI is InChI=1S/C29H48IN3O5/c1-22-23(30)14-31-33(22)21-28-16-26(5)15-27(6,17-28)19-29(18-26,20-28)37-13-12-36-11-10-35-9-8-32(7)24(34)38-25(2,3)4/h14H,8-13,15-21H2,1-7H3. The molecule has 0 spiro atoms. The number of aromatic nitrogens is 2. The number of ether oxygens (including phenoxy) is 4. The Bertz CT molecular complexity index is 971. The van der Waals surface area contributed by atoms with Crippen molar-refractivity contribution in [1.82, 2.24) is 14.7 Å². The lowest BCUT2D eigenvalue weighted by atomic mass is 9.39. The van der Waals surface area contributed by atoms with Crippen LogP contribution >= 0.6 is 22.6 Å². The summed E-state index contributed by atoms with van der Waals surface area (Å²) in [6, 6.07) is 0. The van der Waals surface area contributed by atoms with E-state index in [0.717, 1.165) is 25.8 Å². The molecule has 4 aliphatic rings. The molecular weight excluding hydrogens is 597 g/mol. The average Bonchev–Trinajstić information content (AvgIpc) is 3.05. The first kappa shape index (κ1) is 30.1. The van der Waals surface area contributed by atoms with Gasteiger partial charge < -0.3 is 23.8 Å². The first-order valence-electron chi connectivity index (χ1n) is 14.1. The van der Waals surface area contributed by atoms with Crippen molar-refractivity contribution in [2.24, 2.45) is 16.2 Å². The summed E-state index contributed by atoms with van der Waals surface area (Å²) in [7, 11) is 1.72. The maximum atomic E-state index is 12.0. The predicted octanol–water partition coefficient (Wildman–Crippen LogP) is 5.83. The van der Waals surface area contributed by atoms with Crippen molar-refractivity contribution in [2.45, 2.75) is 97.8 Å². The van der Waals surface area contributed by atoms with E-state index in [2.05, 4.69) is 48.0 Å². The van der Waals surface area contributed by atoms with Gasteiger partial charge >= 0.3 is 6.09 Å². The molecule has 0 saturated heterocycles. The molecule has 4 fully saturated rings. The number of halogens is 1. The van der Waals surface area contributed by atoms with E-state index in [0.29, 0.717) is 50.4 Å². The molecule has 1 amide bonds. The normalized spacial score (nSPS) is 32.1. The average molecular weight is 646 g/mol. The minimum atomic E-state index is -0.494. The van der Waals surface area contributed by atoms with Gasteiger partial charge in [-0.2, -0.15) is 5.10 Å². The van der Waals surface area contributed by atoms with Crippen molar-refractivity contribution < 1.29 is 23.7 Å². The third-order valence-electron chi connectivity index (χ3n) is 8.46. The van der Waals surface area contributed by atoms with Crippen LogP contribution in [0.1, 0.15) is 78.8 Å². The minimum Gasteiger partial charge on any atom is -0.444 e. The van der Waals surface area contributed by atoms with E-state index in [1.807, 2.05) is 27.0 Å². The van der Waals surface area contributed by atoms with Crippen molar-refractivity contribution in [3.05, 3.63) is 15.5 Å². The molecule has 8 nitrogen and oxygen atoms in total. The molecule has 0 N–H and O–H groups in total. The van der Waals surface area contributed by atoms with Gasteiger partial charge in [0.2, 0.25) is 0 Å². The van der Waals surface area contributed by atoms with Crippen LogP contribution in [0.5, 0.6) is 0 Å². The summed E-state index contributed by atoms with van der Waals surface area (Å²) < 4.78 is 27.1. The number of hydrogen-bond donors (Lipinski definition) is 0. The SMILES string of the molecule is Cc1c(I)cnn1CC12CC3(C)CC(C)(C1)CC(OCCOCCOCCN(C)C(=O)OC(C)(C)C)(C3)C2. The third kappa shape index (κ3) is 7.23. The number of amides is 1. The van der Waals surface area contributed by atoms with Gasteiger partial charge in [-0.05, 0) is 105 Å². The second-order valence-electron chi connectivity index (χ2n) is 14.1. The molecule has 2 atom stereocenters. The van der Waals surface area contributed by atoms with Crippen LogP contribution in [0, 0.1) is 26.7 Å². The quantitative estimate of drug-likeness (QED) is 0.210. The molecule has 38 heavy (non-hydrogen) atoms. The van der Waals surface area contributed by atoms with E-state index in [1.54, 1.807) is 7.05 Å². The van der Waals surface area contributed by atoms with E-state index in [1.165, 1.54) is 33.4 Å². The highest BCUT2D eigenvalue weighted by Crippen LogP contribution is 2.72. The van der Waals surface area contributed by atoms with Gasteiger partial charge in [-0.3, -0.25) is 4.68 Å². The molecule has 4 aliphatic carbocycles. The number of nitrogens with zero attached hydrogens (tertiary/aromatic N) is 3. The van der Waals surface area contributed by atoms with Crippen LogP contribution in [0.25, 0.3) is 0 Å². The zero-order chi connectivity index (χ0) is 27.8. The topological polar surface area (TPSA) is 75.1 Å². The van der Waals surface area contributed by atoms with E-state index >= 15 is 0 Å². The van der Waals surface area contributed by atoms with E-state index < -0.39 is 5.60 Å². The van der Waals surface area contributed by atoms with Gasteiger partial charge in [0, 0.05) is 25.8 Å².